The smallest absolute Gasteiger partial charge is 0.267 e. The molecule has 1 aromatic carbocycles. The van der Waals surface area contributed by atoms with Crippen molar-refractivity contribution in [1.29, 1.82) is 0 Å². The summed E-state index contributed by atoms with van der Waals surface area (Å²) in [7, 11) is 0. The van der Waals surface area contributed by atoms with Crippen LogP contribution in [0.15, 0.2) is 46.6 Å². The molecule has 136 valence electrons. The Balaban J connectivity index is 1.77. The van der Waals surface area contributed by atoms with Gasteiger partial charge < -0.3 is 0 Å². The van der Waals surface area contributed by atoms with Crippen LogP contribution in [0.5, 0.6) is 0 Å². The van der Waals surface area contributed by atoms with Crippen molar-refractivity contribution in [2.24, 2.45) is 5.10 Å². The maximum Gasteiger partial charge on any atom is 0.282 e. The van der Waals surface area contributed by atoms with E-state index in [2.05, 4.69) is 15.2 Å². The Morgan fingerprint density at radius 1 is 1.11 bits per heavy atom. The SMILES string of the molecule is Cc1nn(-c2ccccc2)c(C)c1/C=N\n1cnc2sc(C)c(C)c2c1=O. The molecule has 0 aliphatic carbocycles. The summed E-state index contributed by atoms with van der Waals surface area (Å²) in [6.07, 6.45) is 3.16. The van der Waals surface area contributed by atoms with E-state index in [4.69, 9.17) is 0 Å². The average Bonchev–Trinajstić information content (AvgIpc) is 3.12. The molecule has 6 nitrogen and oxygen atoms in total. The maximum atomic E-state index is 12.8. The van der Waals surface area contributed by atoms with E-state index >= 15 is 0 Å². The largest absolute Gasteiger partial charge is 0.282 e. The number of nitrogens with zero attached hydrogens (tertiary/aromatic N) is 5. The van der Waals surface area contributed by atoms with Gasteiger partial charge in [0.1, 0.15) is 11.2 Å². The molecule has 27 heavy (non-hydrogen) atoms. The summed E-state index contributed by atoms with van der Waals surface area (Å²) in [5, 5.41) is 9.62. The molecule has 0 saturated carbocycles. The van der Waals surface area contributed by atoms with Crippen molar-refractivity contribution in [3.05, 3.63) is 74.4 Å². The third-order valence-electron chi connectivity index (χ3n) is 4.73. The predicted octanol–water partition coefficient (Wildman–Crippen LogP) is 3.76. The minimum Gasteiger partial charge on any atom is -0.267 e. The lowest BCUT2D eigenvalue weighted by atomic mass is 10.2. The monoisotopic (exact) mass is 377 g/mol. The standard InChI is InChI=1S/C20H19N5OS/c1-12-15(4)27-19-18(12)20(26)24(11-21-19)22-10-17-13(2)23-25(14(17)3)16-8-6-5-7-9-16/h5-11H,1-4H3/b22-10-. The zero-order valence-electron chi connectivity index (χ0n) is 15.6. The topological polar surface area (TPSA) is 65.1 Å². The molecule has 0 N–H and O–H groups in total. The second-order valence-corrected chi connectivity index (χ2v) is 7.64. The molecule has 7 heteroatoms. The number of hydrogen-bond donors (Lipinski definition) is 0. The minimum atomic E-state index is -0.149. The highest BCUT2D eigenvalue weighted by Crippen LogP contribution is 2.25. The fourth-order valence-electron chi connectivity index (χ4n) is 3.09. The average molecular weight is 377 g/mol. The molecular formula is C20H19N5OS. The van der Waals surface area contributed by atoms with Gasteiger partial charge in [-0.25, -0.2) is 9.67 Å². The minimum absolute atomic E-state index is 0.149. The van der Waals surface area contributed by atoms with Gasteiger partial charge in [0.25, 0.3) is 5.56 Å². The summed E-state index contributed by atoms with van der Waals surface area (Å²) in [6.45, 7) is 7.87. The van der Waals surface area contributed by atoms with E-state index < -0.39 is 0 Å². The van der Waals surface area contributed by atoms with E-state index in [9.17, 15) is 4.79 Å². The number of aromatic nitrogens is 4. The van der Waals surface area contributed by atoms with Crippen LogP contribution in [0, 0.1) is 27.7 Å². The maximum absolute atomic E-state index is 12.8. The second-order valence-electron chi connectivity index (χ2n) is 6.43. The zero-order valence-corrected chi connectivity index (χ0v) is 16.4. The number of thiophene rings is 1. The fraction of sp³-hybridized carbons (Fsp3) is 0.200. The number of fused-ring (bicyclic) bond motifs is 1. The molecule has 0 unspecified atom stereocenters. The van der Waals surface area contributed by atoms with Crippen LogP contribution < -0.4 is 5.56 Å². The van der Waals surface area contributed by atoms with Gasteiger partial charge in [0.05, 0.1) is 28.7 Å². The van der Waals surface area contributed by atoms with E-state index in [0.717, 1.165) is 37.9 Å². The van der Waals surface area contributed by atoms with Gasteiger partial charge >= 0.3 is 0 Å². The third kappa shape index (κ3) is 2.90. The summed E-state index contributed by atoms with van der Waals surface area (Å²) in [6, 6.07) is 9.94. The van der Waals surface area contributed by atoms with Crippen LogP contribution in [0.3, 0.4) is 0 Å². The Hall–Kier alpha value is -3.06. The Morgan fingerprint density at radius 3 is 2.59 bits per heavy atom. The number of para-hydroxylation sites is 1. The number of aryl methyl sites for hydroxylation is 3. The summed E-state index contributed by atoms with van der Waals surface area (Å²) in [4.78, 5) is 19.0. The Bertz CT molecular complexity index is 1230. The van der Waals surface area contributed by atoms with Crippen molar-refractivity contribution in [3.63, 3.8) is 0 Å². The van der Waals surface area contributed by atoms with E-state index in [1.807, 2.05) is 62.7 Å². The van der Waals surface area contributed by atoms with Gasteiger partial charge in [-0.05, 0) is 45.4 Å². The predicted molar refractivity (Wildman–Crippen MR) is 109 cm³/mol. The molecule has 0 bridgehead atoms. The van der Waals surface area contributed by atoms with Gasteiger partial charge in [0.2, 0.25) is 0 Å². The molecule has 3 aromatic heterocycles. The number of rotatable bonds is 3. The van der Waals surface area contributed by atoms with Crippen molar-refractivity contribution in [2.75, 3.05) is 0 Å². The first kappa shape index (κ1) is 17.4. The van der Waals surface area contributed by atoms with E-state index in [1.165, 1.54) is 22.3 Å². The lowest BCUT2D eigenvalue weighted by Gasteiger charge is -2.03. The van der Waals surface area contributed by atoms with Gasteiger partial charge in [-0.3, -0.25) is 4.79 Å². The summed E-state index contributed by atoms with van der Waals surface area (Å²) >= 11 is 1.53. The van der Waals surface area contributed by atoms with E-state index in [0.29, 0.717) is 5.39 Å². The fourth-order valence-corrected chi connectivity index (χ4v) is 4.08. The molecule has 0 atom stereocenters. The van der Waals surface area contributed by atoms with Gasteiger partial charge in [0, 0.05) is 10.4 Å². The van der Waals surface area contributed by atoms with E-state index in [-0.39, 0.29) is 5.56 Å². The third-order valence-corrected chi connectivity index (χ3v) is 5.85. The molecule has 0 aliphatic heterocycles. The Kier molecular flexibility index (Phi) is 4.24. The van der Waals surface area contributed by atoms with Crippen molar-refractivity contribution in [2.45, 2.75) is 27.7 Å². The quantitative estimate of drug-likeness (QED) is 0.511. The molecule has 0 spiro atoms. The Morgan fingerprint density at radius 2 is 1.85 bits per heavy atom. The molecule has 0 fully saturated rings. The van der Waals surface area contributed by atoms with Gasteiger partial charge in [-0.15, -0.1) is 11.3 Å². The van der Waals surface area contributed by atoms with Crippen molar-refractivity contribution >= 4 is 27.8 Å². The first-order valence-electron chi connectivity index (χ1n) is 8.60. The van der Waals surface area contributed by atoms with Crippen molar-refractivity contribution in [3.8, 4) is 5.69 Å². The molecule has 0 aliphatic rings. The summed E-state index contributed by atoms with van der Waals surface area (Å²) in [5.41, 5.74) is 4.52. The highest BCUT2D eigenvalue weighted by Gasteiger charge is 2.13. The van der Waals surface area contributed by atoms with Crippen LogP contribution in [-0.2, 0) is 0 Å². The van der Waals surface area contributed by atoms with Crippen LogP contribution in [-0.4, -0.2) is 25.7 Å². The van der Waals surface area contributed by atoms with Gasteiger partial charge in [0.15, 0.2) is 0 Å². The highest BCUT2D eigenvalue weighted by molar-refractivity contribution is 7.18. The van der Waals surface area contributed by atoms with Crippen LogP contribution in [0.25, 0.3) is 15.9 Å². The molecular weight excluding hydrogens is 358 g/mol. The van der Waals surface area contributed by atoms with Gasteiger partial charge in [-0.2, -0.15) is 14.9 Å². The van der Waals surface area contributed by atoms with Crippen molar-refractivity contribution < 1.29 is 0 Å². The lowest BCUT2D eigenvalue weighted by molar-refractivity contribution is 0.817. The molecule has 0 saturated heterocycles. The highest BCUT2D eigenvalue weighted by atomic mass is 32.1. The van der Waals surface area contributed by atoms with Crippen LogP contribution in [0.1, 0.15) is 27.4 Å². The zero-order chi connectivity index (χ0) is 19.1. The number of benzene rings is 1. The van der Waals surface area contributed by atoms with Crippen LogP contribution in [0.2, 0.25) is 0 Å². The molecule has 4 aromatic rings. The molecule has 0 radical (unpaired) electrons. The lowest BCUT2D eigenvalue weighted by Crippen LogP contribution is -2.17. The normalized spacial score (nSPS) is 11.7. The molecule has 0 amide bonds. The Labute approximate surface area is 160 Å². The van der Waals surface area contributed by atoms with Crippen LogP contribution in [0.4, 0.5) is 0 Å². The molecule has 4 rings (SSSR count). The first-order chi connectivity index (χ1) is 13.0. The van der Waals surface area contributed by atoms with Crippen molar-refractivity contribution in [1.82, 2.24) is 19.4 Å². The van der Waals surface area contributed by atoms with Crippen LogP contribution >= 0.6 is 11.3 Å². The first-order valence-corrected chi connectivity index (χ1v) is 9.42. The number of hydrogen-bond acceptors (Lipinski definition) is 5. The summed E-state index contributed by atoms with van der Waals surface area (Å²) < 4.78 is 3.17. The van der Waals surface area contributed by atoms with E-state index in [1.54, 1.807) is 6.21 Å². The summed E-state index contributed by atoms with van der Waals surface area (Å²) in [5.74, 6) is 0. The molecule has 3 heterocycles. The second kappa shape index (κ2) is 6.59. The van der Waals surface area contributed by atoms with Gasteiger partial charge in [-0.1, -0.05) is 18.2 Å².